The number of aromatic nitrogens is 2. The van der Waals surface area contributed by atoms with Crippen LogP contribution in [0.2, 0.25) is 0 Å². The van der Waals surface area contributed by atoms with Gasteiger partial charge in [0.1, 0.15) is 11.5 Å². The summed E-state index contributed by atoms with van der Waals surface area (Å²) in [5, 5.41) is 23.4. The molecule has 1 atom stereocenters. The first-order valence-electron chi connectivity index (χ1n) is 9.98. The first-order valence-corrected chi connectivity index (χ1v) is 10.8. The largest absolute Gasteiger partial charge is 0.507 e. The highest BCUT2D eigenvalue weighted by molar-refractivity contribution is 7.18. The van der Waals surface area contributed by atoms with E-state index in [4.69, 9.17) is 4.74 Å². The first-order chi connectivity index (χ1) is 15.0. The summed E-state index contributed by atoms with van der Waals surface area (Å²) in [6.07, 6.45) is 1.16. The standard InChI is InChI=1S/C24H23N3O3S/c1-3-30-18-7-8-19(21(29)14-18)22-9-10-23(31-22)20-11-12-25-24(27-20)26-17-6-4-5-16(13-17)15(2)28/h4-15,28-29H,3H2,1-2H3,(H,25,26,27). The highest BCUT2D eigenvalue weighted by Crippen LogP contribution is 2.39. The van der Waals surface area contributed by atoms with E-state index in [1.54, 1.807) is 30.5 Å². The molecule has 158 valence electrons. The second-order valence-electron chi connectivity index (χ2n) is 6.97. The highest BCUT2D eigenvalue weighted by atomic mass is 32.1. The normalized spacial score (nSPS) is 11.8. The lowest BCUT2D eigenvalue weighted by Gasteiger charge is -2.09. The van der Waals surface area contributed by atoms with E-state index in [0.717, 1.165) is 32.3 Å². The fourth-order valence-corrected chi connectivity index (χ4v) is 4.17. The van der Waals surface area contributed by atoms with Crippen molar-refractivity contribution >= 4 is 23.0 Å². The lowest BCUT2D eigenvalue weighted by atomic mass is 10.1. The third-order valence-electron chi connectivity index (χ3n) is 4.68. The second kappa shape index (κ2) is 9.16. The van der Waals surface area contributed by atoms with Crippen LogP contribution in [0.1, 0.15) is 25.5 Å². The Hall–Kier alpha value is -3.42. The zero-order valence-electron chi connectivity index (χ0n) is 17.2. The molecule has 2 aromatic heterocycles. The van der Waals surface area contributed by atoms with Gasteiger partial charge in [-0.2, -0.15) is 0 Å². The van der Waals surface area contributed by atoms with Gasteiger partial charge in [-0.05, 0) is 61.9 Å². The molecule has 0 bridgehead atoms. The molecule has 6 nitrogen and oxygen atoms in total. The molecule has 0 spiro atoms. The number of aliphatic hydroxyl groups excluding tert-OH is 1. The molecule has 0 aliphatic heterocycles. The minimum atomic E-state index is -0.544. The maximum absolute atomic E-state index is 10.4. The van der Waals surface area contributed by atoms with E-state index in [1.165, 1.54) is 0 Å². The number of thiophene rings is 1. The smallest absolute Gasteiger partial charge is 0.227 e. The fourth-order valence-electron chi connectivity index (χ4n) is 3.16. The summed E-state index contributed by atoms with van der Waals surface area (Å²) in [5.41, 5.74) is 3.16. The number of nitrogens with zero attached hydrogens (tertiary/aromatic N) is 2. The maximum atomic E-state index is 10.4. The predicted molar refractivity (Wildman–Crippen MR) is 124 cm³/mol. The summed E-state index contributed by atoms with van der Waals surface area (Å²) in [6.45, 7) is 4.19. The number of nitrogens with one attached hydrogen (secondary N) is 1. The molecule has 1 unspecified atom stereocenters. The van der Waals surface area contributed by atoms with Crippen molar-refractivity contribution in [2.24, 2.45) is 0 Å². The third-order valence-corrected chi connectivity index (χ3v) is 5.83. The average Bonchev–Trinajstić information content (AvgIpc) is 3.24. The van der Waals surface area contributed by atoms with Crippen molar-refractivity contribution in [1.82, 2.24) is 9.97 Å². The Morgan fingerprint density at radius 3 is 2.68 bits per heavy atom. The van der Waals surface area contributed by atoms with Crippen LogP contribution in [0.3, 0.4) is 0 Å². The lowest BCUT2D eigenvalue weighted by Crippen LogP contribution is -1.99. The van der Waals surface area contributed by atoms with E-state index in [2.05, 4.69) is 15.3 Å². The van der Waals surface area contributed by atoms with Crippen LogP contribution >= 0.6 is 11.3 Å². The van der Waals surface area contributed by atoms with Crippen LogP contribution in [-0.2, 0) is 0 Å². The number of hydrogen-bond acceptors (Lipinski definition) is 7. The Balaban J connectivity index is 1.57. The molecule has 0 saturated carbocycles. The van der Waals surface area contributed by atoms with Crippen LogP contribution in [0.4, 0.5) is 11.6 Å². The summed E-state index contributed by atoms with van der Waals surface area (Å²) in [4.78, 5) is 10.8. The molecule has 3 N–H and O–H groups in total. The van der Waals surface area contributed by atoms with E-state index in [0.29, 0.717) is 18.3 Å². The van der Waals surface area contributed by atoms with Crippen molar-refractivity contribution in [3.63, 3.8) is 0 Å². The van der Waals surface area contributed by atoms with Gasteiger partial charge in [-0.25, -0.2) is 9.97 Å². The molecule has 2 heterocycles. The van der Waals surface area contributed by atoms with Gasteiger partial charge in [-0.1, -0.05) is 12.1 Å². The quantitative estimate of drug-likeness (QED) is 0.343. The van der Waals surface area contributed by atoms with Crippen molar-refractivity contribution in [2.75, 3.05) is 11.9 Å². The van der Waals surface area contributed by atoms with Gasteiger partial charge < -0.3 is 20.3 Å². The molecular formula is C24H23N3O3S. The summed E-state index contributed by atoms with van der Waals surface area (Å²) in [7, 11) is 0. The minimum Gasteiger partial charge on any atom is -0.507 e. The number of phenolic OH excluding ortho intramolecular Hbond substituents is 1. The Labute approximate surface area is 184 Å². The number of anilines is 2. The van der Waals surface area contributed by atoms with Crippen molar-refractivity contribution in [1.29, 1.82) is 0 Å². The lowest BCUT2D eigenvalue weighted by molar-refractivity contribution is 0.199. The van der Waals surface area contributed by atoms with Gasteiger partial charge in [-0.3, -0.25) is 0 Å². The number of aliphatic hydroxyl groups is 1. The van der Waals surface area contributed by atoms with Crippen molar-refractivity contribution in [2.45, 2.75) is 20.0 Å². The summed E-state index contributed by atoms with van der Waals surface area (Å²) in [5.74, 6) is 1.30. The minimum absolute atomic E-state index is 0.183. The van der Waals surface area contributed by atoms with Gasteiger partial charge in [0.2, 0.25) is 5.95 Å². The SMILES string of the molecule is CCOc1ccc(-c2ccc(-c3ccnc(Nc4cccc(C(C)O)c4)n3)s2)c(O)c1. The number of hydrogen-bond donors (Lipinski definition) is 3. The molecule has 4 aromatic rings. The van der Waals surface area contributed by atoms with E-state index in [1.807, 2.05) is 61.5 Å². The Morgan fingerprint density at radius 1 is 1.06 bits per heavy atom. The Morgan fingerprint density at radius 2 is 1.90 bits per heavy atom. The molecule has 31 heavy (non-hydrogen) atoms. The average molecular weight is 434 g/mol. The van der Waals surface area contributed by atoms with Crippen LogP contribution in [0.25, 0.3) is 21.0 Å². The van der Waals surface area contributed by atoms with Crippen LogP contribution in [0.15, 0.2) is 66.9 Å². The summed E-state index contributed by atoms with van der Waals surface area (Å²) < 4.78 is 5.44. The molecular weight excluding hydrogens is 410 g/mol. The highest BCUT2D eigenvalue weighted by Gasteiger charge is 2.12. The Kier molecular flexibility index (Phi) is 6.16. The van der Waals surface area contributed by atoms with E-state index < -0.39 is 6.10 Å². The molecule has 4 rings (SSSR count). The number of benzene rings is 2. The monoisotopic (exact) mass is 433 g/mol. The van der Waals surface area contributed by atoms with Crippen molar-refractivity contribution in [3.05, 3.63) is 72.4 Å². The maximum Gasteiger partial charge on any atom is 0.227 e. The predicted octanol–water partition coefficient (Wildman–Crippen LogP) is 5.77. The van der Waals surface area contributed by atoms with Gasteiger partial charge in [-0.15, -0.1) is 11.3 Å². The molecule has 2 aromatic carbocycles. The fraction of sp³-hybridized carbons (Fsp3) is 0.167. The zero-order valence-corrected chi connectivity index (χ0v) is 18.1. The molecule has 0 aliphatic rings. The molecule has 0 saturated heterocycles. The summed E-state index contributed by atoms with van der Waals surface area (Å²) in [6, 6.07) is 18.7. The molecule has 7 heteroatoms. The van der Waals surface area contributed by atoms with Gasteiger partial charge in [0, 0.05) is 28.4 Å². The Bertz CT molecular complexity index is 1190. The van der Waals surface area contributed by atoms with Gasteiger partial charge in [0.05, 0.1) is 23.3 Å². The van der Waals surface area contributed by atoms with Crippen LogP contribution in [0, 0.1) is 0 Å². The van der Waals surface area contributed by atoms with Crippen LogP contribution in [-0.4, -0.2) is 26.8 Å². The number of aromatic hydroxyl groups is 1. The van der Waals surface area contributed by atoms with E-state index in [9.17, 15) is 10.2 Å². The van der Waals surface area contributed by atoms with Crippen LogP contribution in [0.5, 0.6) is 11.5 Å². The molecule has 0 radical (unpaired) electrons. The first kappa shape index (κ1) is 20.8. The molecule has 0 amide bonds. The zero-order chi connectivity index (χ0) is 21.8. The number of phenols is 1. The molecule has 0 fully saturated rings. The van der Waals surface area contributed by atoms with E-state index in [-0.39, 0.29) is 5.75 Å². The topological polar surface area (TPSA) is 87.5 Å². The van der Waals surface area contributed by atoms with Crippen molar-refractivity contribution in [3.8, 4) is 32.5 Å². The second-order valence-corrected chi connectivity index (χ2v) is 8.05. The van der Waals surface area contributed by atoms with Crippen molar-refractivity contribution < 1.29 is 14.9 Å². The van der Waals surface area contributed by atoms with E-state index >= 15 is 0 Å². The van der Waals surface area contributed by atoms with Gasteiger partial charge >= 0.3 is 0 Å². The summed E-state index contributed by atoms with van der Waals surface area (Å²) >= 11 is 1.54. The number of ether oxygens (including phenoxy) is 1. The molecule has 0 aliphatic carbocycles. The van der Waals surface area contributed by atoms with Gasteiger partial charge in [0.25, 0.3) is 0 Å². The third kappa shape index (κ3) is 4.84. The van der Waals surface area contributed by atoms with Crippen LogP contribution < -0.4 is 10.1 Å². The van der Waals surface area contributed by atoms with Gasteiger partial charge in [0.15, 0.2) is 0 Å². The number of rotatable bonds is 7.